The van der Waals surface area contributed by atoms with Gasteiger partial charge in [-0.2, -0.15) is 10.5 Å². The maximum Gasteiger partial charge on any atom is 0.268 e. The van der Waals surface area contributed by atoms with Gasteiger partial charge in [0.1, 0.15) is 5.92 Å². The van der Waals surface area contributed by atoms with Crippen LogP contribution in [-0.4, -0.2) is 17.8 Å². The van der Waals surface area contributed by atoms with Crippen molar-refractivity contribution < 1.29 is 4.79 Å². The van der Waals surface area contributed by atoms with E-state index in [0.717, 1.165) is 0 Å². The molecule has 0 saturated carbocycles. The van der Waals surface area contributed by atoms with Gasteiger partial charge in [-0.25, -0.2) is 4.99 Å². The molecule has 0 bridgehead atoms. The third-order valence-electron chi connectivity index (χ3n) is 2.49. The molecule has 2 unspecified atom stereocenters. The van der Waals surface area contributed by atoms with Gasteiger partial charge in [-0.05, 0) is 12.1 Å². The predicted molar refractivity (Wildman–Crippen MR) is 65.2 cm³/mol. The molecule has 18 heavy (non-hydrogen) atoms. The second-order valence-electron chi connectivity index (χ2n) is 3.66. The van der Waals surface area contributed by atoms with E-state index in [1.807, 2.05) is 18.2 Å². The second kappa shape index (κ2) is 5.03. The van der Waals surface area contributed by atoms with E-state index in [1.54, 1.807) is 24.3 Å². The molecule has 5 heteroatoms. The van der Waals surface area contributed by atoms with Crippen molar-refractivity contribution >= 4 is 23.5 Å². The van der Waals surface area contributed by atoms with E-state index in [2.05, 4.69) is 9.98 Å². The Morgan fingerprint density at radius 3 is 2.50 bits per heavy atom. The zero-order valence-corrected chi connectivity index (χ0v) is 9.32. The lowest BCUT2D eigenvalue weighted by atomic mass is 9.91. The van der Waals surface area contributed by atoms with Gasteiger partial charge in [0.25, 0.3) is 5.91 Å². The highest BCUT2D eigenvalue weighted by atomic mass is 16.1. The predicted octanol–water partition coefficient (Wildman–Crippen LogP) is 1.65. The van der Waals surface area contributed by atoms with E-state index in [4.69, 9.17) is 10.5 Å². The molecule has 0 aliphatic carbocycles. The number of para-hydroxylation sites is 1. The Bertz CT molecular complexity index is 604. The van der Waals surface area contributed by atoms with Crippen LogP contribution < -0.4 is 0 Å². The Morgan fingerprint density at radius 1 is 1.17 bits per heavy atom. The van der Waals surface area contributed by atoms with Crippen LogP contribution >= 0.6 is 0 Å². The summed E-state index contributed by atoms with van der Waals surface area (Å²) >= 11 is 0. The van der Waals surface area contributed by atoms with Gasteiger partial charge in [0.15, 0.2) is 5.92 Å². The van der Waals surface area contributed by atoms with Gasteiger partial charge in [-0.3, -0.25) is 9.79 Å². The summed E-state index contributed by atoms with van der Waals surface area (Å²) in [5.74, 6) is -2.37. The largest absolute Gasteiger partial charge is 0.271 e. The summed E-state index contributed by atoms with van der Waals surface area (Å²) in [7, 11) is 0. The van der Waals surface area contributed by atoms with Gasteiger partial charge < -0.3 is 0 Å². The molecular weight excluding hydrogens is 228 g/mol. The number of hydrogen-bond donors (Lipinski definition) is 0. The second-order valence-corrected chi connectivity index (χ2v) is 3.66. The standard InChI is InChI=1S/C13H8N4O/c14-6-9-8-16-13(18)11(7-15)12(9)17-10-4-2-1-3-5-10/h1-5,8-9,11H. The summed E-state index contributed by atoms with van der Waals surface area (Å²) in [4.78, 5) is 19.2. The number of benzene rings is 1. The van der Waals surface area contributed by atoms with Crippen LogP contribution in [0.2, 0.25) is 0 Å². The van der Waals surface area contributed by atoms with E-state index in [9.17, 15) is 4.79 Å². The van der Waals surface area contributed by atoms with Crippen molar-refractivity contribution in [1.29, 1.82) is 10.5 Å². The monoisotopic (exact) mass is 236 g/mol. The summed E-state index contributed by atoms with van der Waals surface area (Å²) in [5, 5.41) is 18.0. The molecule has 0 spiro atoms. The first kappa shape index (κ1) is 11.7. The quantitative estimate of drug-likeness (QED) is 0.742. The average molecular weight is 236 g/mol. The van der Waals surface area contributed by atoms with Crippen molar-refractivity contribution in [3.63, 3.8) is 0 Å². The molecule has 1 aromatic carbocycles. The highest BCUT2D eigenvalue weighted by Crippen LogP contribution is 2.20. The number of amides is 1. The number of aliphatic imine (C=N–C) groups is 2. The van der Waals surface area contributed by atoms with Crippen molar-refractivity contribution in [1.82, 2.24) is 0 Å². The van der Waals surface area contributed by atoms with Gasteiger partial charge >= 0.3 is 0 Å². The van der Waals surface area contributed by atoms with Gasteiger partial charge in [0.2, 0.25) is 0 Å². The molecule has 86 valence electrons. The van der Waals surface area contributed by atoms with Crippen LogP contribution in [0.25, 0.3) is 0 Å². The highest BCUT2D eigenvalue weighted by molar-refractivity contribution is 6.19. The van der Waals surface area contributed by atoms with E-state index >= 15 is 0 Å². The SMILES string of the molecule is N#CC1C=NC(=O)C(C#N)C1=Nc1ccccc1. The minimum atomic E-state index is -1.07. The Labute approximate surface area is 104 Å². The molecule has 0 aromatic heterocycles. The molecule has 2 rings (SSSR count). The molecule has 1 aliphatic heterocycles. The third kappa shape index (κ3) is 2.16. The number of carbonyl (C=O) groups excluding carboxylic acids is 1. The lowest BCUT2D eigenvalue weighted by molar-refractivity contribution is -0.118. The van der Waals surface area contributed by atoms with Crippen molar-refractivity contribution in [2.45, 2.75) is 0 Å². The minimum Gasteiger partial charge on any atom is -0.271 e. The van der Waals surface area contributed by atoms with Gasteiger partial charge in [-0.15, -0.1) is 0 Å². The van der Waals surface area contributed by atoms with Crippen LogP contribution in [0, 0.1) is 34.5 Å². The summed E-state index contributed by atoms with van der Waals surface area (Å²) in [6.07, 6.45) is 1.23. The van der Waals surface area contributed by atoms with Crippen LogP contribution in [0.1, 0.15) is 0 Å². The molecule has 1 aromatic rings. The molecule has 0 fully saturated rings. The molecule has 1 aliphatic rings. The van der Waals surface area contributed by atoms with Crippen LogP contribution in [0.15, 0.2) is 40.3 Å². The molecular formula is C13H8N4O. The molecule has 0 N–H and O–H groups in total. The fourth-order valence-corrected chi connectivity index (χ4v) is 1.61. The normalized spacial score (nSPS) is 24.6. The van der Waals surface area contributed by atoms with E-state index in [-0.39, 0.29) is 5.71 Å². The Hall–Kier alpha value is -2.79. The number of hydrogen-bond acceptors (Lipinski definition) is 4. The van der Waals surface area contributed by atoms with Gasteiger partial charge in [-0.1, -0.05) is 18.2 Å². The Morgan fingerprint density at radius 2 is 1.89 bits per heavy atom. The van der Waals surface area contributed by atoms with Crippen molar-refractivity contribution in [3.8, 4) is 12.1 Å². The summed E-state index contributed by atoms with van der Waals surface area (Å²) in [6, 6.07) is 12.7. The lowest BCUT2D eigenvalue weighted by Crippen LogP contribution is -2.32. The van der Waals surface area contributed by atoms with E-state index < -0.39 is 17.7 Å². The maximum absolute atomic E-state index is 11.5. The maximum atomic E-state index is 11.5. The third-order valence-corrected chi connectivity index (χ3v) is 2.49. The van der Waals surface area contributed by atoms with Gasteiger partial charge in [0, 0.05) is 6.21 Å². The number of rotatable bonds is 1. The molecule has 0 radical (unpaired) electrons. The Balaban J connectivity index is 2.48. The lowest BCUT2D eigenvalue weighted by Gasteiger charge is -2.15. The zero-order valence-electron chi connectivity index (χ0n) is 9.32. The average Bonchev–Trinajstić information content (AvgIpc) is 2.40. The summed E-state index contributed by atoms with van der Waals surface area (Å²) in [5.41, 5.74) is 0.849. The van der Waals surface area contributed by atoms with Crippen LogP contribution in [0.3, 0.4) is 0 Å². The molecule has 1 heterocycles. The van der Waals surface area contributed by atoms with Gasteiger partial charge in [0.05, 0.1) is 23.5 Å². The topological polar surface area (TPSA) is 89.4 Å². The first-order chi connectivity index (χ1) is 8.76. The fourth-order valence-electron chi connectivity index (χ4n) is 1.61. The molecule has 5 nitrogen and oxygen atoms in total. The van der Waals surface area contributed by atoms with E-state index in [0.29, 0.717) is 5.69 Å². The van der Waals surface area contributed by atoms with Crippen LogP contribution in [-0.2, 0) is 4.79 Å². The highest BCUT2D eigenvalue weighted by Gasteiger charge is 2.33. The number of nitriles is 2. The number of carbonyl (C=O) groups is 1. The van der Waals surface area contributed by atoms with Crippen molar-refractivity contribution in [2.24, 2.45) is 21.8 Å². The first-order valence-electron chi connectivity index (χ1n) is 5.27. The van der Waals surface area contributed by atoms with Crippen molar-refractivity contribution in [2.75, 3.05) is 0 Å². The van der Waals surface area contributed by atoms with Crippen LogP contribution in [0.5, 0.6) is 0 Å². The smallest absolute Gasteiger partial charge is 0.268 e. The Kier molecular flexibility index (Phi) is 3.26. The number of nitrogens with zero attached hydrogens (tertiary/aromatic N) is 4. The molecule has 2 atom stereocenters. The molecule has 1 amide bonds. The van der Waals surface area contributed by atoms with Crippen LogP contribution in [0.4, 0.5) is 5.69 Å². The fraction of sp³-hybridized carbons (Fsp3) is 0.154. The summed E-state index contributed by atoms with van der Waals surface area (Å²) in [6.45, 7) is 0. The minimum absolute atomic E-state index is 0.242. The first-order valence-corrected chi connectivity index (χ1v) is 5.27. The zero-order chi connectivity index (χ0) is 13.0. The van der Waals surface area contributed by atoms with E-state index in [1.165, 1.54) is 6.21 Å². The summed E-state index contributed by atoms with van der Waals surface area (Å²) < 4.78 is 0. The molecule has 0 saturated heterocycles. The van der Waals surface area contributed by atoms with Crippen molar-refractivity contribution in [3.05, 3.63) is 30.3 Å².